The lowest BCUT2D eigenvalue weighted by Crippen LogP contribution is -2.52. The molecule has 0 saturated carbocycles. The summed E-state index contributed by atoms with van der Waals surface area (Å²) in [7, 11) is 0. The van der Waals surface area contributed by atoms with Gasteiger partial charge in [0.2, 0.25) is 5.91 Å². The van der Waals surface area contributed by atoms with Gasteiger partial charge in [0.1, 0.15) is 29.7 Å². The van der Waals surface area contributed by atoms with Crippen LogP contribution in [0.4, 0.5) is 14.6 Å². The summed E-state index contributed by atoms with van der Waals surface area (Å²) in [5.74, 6) is 0.133. The molecule has 2 fully saturated rings. The minimum absolute atomic E-state index is 0.0297. The number of piperazine rings is 2. The van der Waals surface area contributed by atoms with Gasteiger partial charge in [0.15, 0.2) is 0 Å². The van der Waals surface area contributed by atoms with Crippen LogP contribution in [-0.4, -0.2) is 107 Å². The van der Waals surface area contributed by atoms with Gasteiger partial charge < -0.3 is 24.6 Å². The van der Waals surface area contributed by atoms with Crippen LogP contribution in [0.15, 0.2) is 36.4 Å². The van der Waals surface area contributed by atoms with E-state index in [1.54, 1.807) is 17.0 Å². The van der Waals surface area contributed by atoms with Crippen molar-refractivity contribution in [3.05, 3.63) is 59.3 Å². The molecule has 0 aliphatic carbocycles. The van der Waals surface area contributed by atoms with Crippen molar-refractivity contribution in [2.75, 3.05) is 76.9 Å². The van der Waals surface area contributed by atoms with E-state index in [4.69, 9.17) is 0 Å². The number of nitrogens with zero attached hydrogens (tertiary/aromatic N) is 6. The number of carbonyl (C=O) groups excluding carboxylic acids is 2. The van der Waals surface area contributed by atoms with E-state index < -0.39 is 0 Å². The Labute approximate surface area is 246 Å². The number of rotatable bonds is 6. The van der Waals surface area contributed by atoms with Crippen LogP contribution < -0.4 is 10.2 Å². The normalized spacial score (nSPS) is 18.3. The summed E-state index contributed by atoms with van der Waals surface area (Å²) >= 11 is 1.32. The zero-order valence-corrected chi connectivity index (χ0v) is 24.1. The van der Waals surface area contributed by atoms with Gasteiger partial charge in [-0.15, -0.1) is 0 Å². The molecule has 0 spiro atoms. The van der Waals surface area contributed by atoms with Crippen molar-refractivity contribution in [2.45, 2.75) is 13.0 Å². The Morgan fingerprint density at radius 2 is 1.67 bits per heavy atom. The Hall–Kier alpha value is -3.61. The second kappa shape index (κ2) is 11.2. The molecule has 0 atom stereocenters. The monoisotopic (exact) mass is 593 g/mol. The zero-order valence-electron chi connectivity index (χ0n) is 23.3. The van der Waals surface area contributed by atoms with E-state index in [0.29, 0.717) is 38.3 Å². The molecule has 220 valence electrons. The summed E-state index contributed by atoms with van der Waals surface area (Å²) in [6, 6.07) is 9.55. The molecule has 7 rings (SSSR count). The quantitative estimate of drug-likeness (QED) is 0.371. The second-order valence-corrected chi connectivity index (χ2v) is 12.0. The van der Waals surface area contributed by atoms with Crippen molar-refractivity contribution in [3.63, 3.8) is 0 Å². The molecule has 2 aromatic heterocycles. The van der Waals surface area contributed by atoms with Crippen molar-refractivity contribution >= 4 is 50.2 Å². The number of benzene rings is 2. The van der Waals surface area contributed by atoms with E-state index in [-0.39, 0.29) is 30.0 Å². The summed E-state index contributed by atoms with van der Waals surface area (Å²) in [5.41, 5.74) is 2.29. The maximum atomic E-state index is 14.4. The van der Waals surface area contributed by atoms with Gasteiger partial charge in [-0.2, -0.15) is 4.37 Å². The largest absolute Gasteiger partial charge is 0.353 e. The molecule has 1 N–H and O–H groups in total. The molecule has 2 aromatic carbocycles. The number of aromatic nitrogens is 2. The molecule has 12 heteroatoms. The topological polar surface area (TPSA) is 77.0 Å². The lowest BCUT2D eigenvalue weighted by molar-refractivity contribution is -0.132. The number of anilines is 1. The first kappa shape index (κ1) is 27.2. The maximum absolute atomic E-state index is 14.4. The summed E-state index contributed by atoms with van der Waals surface area (Å²) < 4.78 is 35.5. The Morgan fingerprint density at radius 3 is 2.48 bits per heavy atom. The zero-order chi connectivity index (χ0) is 28.8. The molecule has 4 aromatic rings. The van der Waals surface area contributed by atoms with Crippen molar-refractivity contribution in [2.24, 2.45) is 0 Å². The van der Waals surface area contributed by atoms with Crippen LogP contribution in [0.2, 0.25) is 0 Å². The number of amides is 2. The molecular weight excluding hydrogens is 560 g/mol. The van der Waals surface area contributed by atoms with Crippen LogP contribution in [0.5, 0.6) is 0 Å². The average molecular weight is 594 g/mol. The molecule has 42 heavy (non-hydrogen) atoms. The SMILES string of the molecule is O=C(CN1CCn2c(c(CCN3CCN(c4nsc5cc(F)ccc45)CC3)c3cc(F)ccc32)C1=O)N1CCNCC1. The highest BCUT2D eigenvalue weighted by Crippen LogP contribution is 2.33. The summed E-state index contributed by atoms with van der Waals surface area (Å²) in [5, 5.41) is 5.00. The molecule has 2 amide bonds. The molecule has 3 aliphatic heterocycles. The van der Waals surface area contributed by atoms with Gasteiger partial charge in [-0.25, -0.2) is 8.78 Å². The molecule has 3 aliphatic rings. The van der Waals surface area contributed by atoms with Crippen LogP contribution in [-0.2, 0) is 17.8 Å². The Kier molecular flexibility index (Phi) is 7.28. The molecule has 0 radical (unpaired) electrons. The van der Waals surface area contributed by atoms with Crippen LogP contribution in [0.1, 0.15) is 16.1 Å². The highest BCUT2D eigenvalue weighted by Gasteiger charge is 2.33. The number of nitrogens with one attached hydrogen (secondary N) is 1. The fraction of sp³-hybridized carbons (Fsp3) is 0.433. The highest BCUT2D eigenvalue weighted by atomic mass is 32.1. The average Bonchev–Trinajstić information content (AvgIpc) is 3.56. The molecule has 0 unspecified atom stereocenters. The summed E-state index contributed by atoms with van der Waals surface area (Å²) in [4.78, 5) is 34.9. The third-order valence-electron chi connectivity index (χ3n) is 8.77. The standard InChI is InChI=1S/C30H33F2N7O2S/c31-20-2-4-25-24(17-20)22(28-30(41)38(15-16-39(25)28)19-27(40)36-9-6-33-7-10-36)5-8-35-11-13-37(14-12-35)29-23-3-1-21(32)18-26(23)42-34-29/h1-4,17-18,33H,5-16,19H2. The van der Waals surface area contributed by atoms with Crippen molar-refractivity contribution < 1.29 is 18.4 Å². The number of hydrogen-bond acceptors (Lipinski definition) is 7. The van der Waals surface area contributed by atoms with E-state index >= 15 is 0 Å². The van der Waals surface area contributed by atoms with Crippen LogP contribution >= 0.6 is 11.5 Å². The van der Waals surface area contributed by atoms with Gasteiger partial charge in [0.25, 0.3) is 5.91 Å². The van der Waals surface area contributed by atoms with Gasteiger partial charge in [-0.1, -0.05) is 0 Å². The Bertz CT molecular complexity index is 1660. The van der Waals surface area contributed by atoms with Crippen LogP contribution in [0, 0.1) is 11.6 Å². The first-order chi connectivity index (χ1) is 20.5. The summed E-state index contributed by atoms with van der Waals surface area (Å²) in [6.07, 6.45) is 0.604. The Morgan fingerprint density at radius 1 is 0.905 bits per heavy atom. The van der Waals surface area contributed by atoms with E-state index in [2.05, 4.69) is 19.5 Å². The van der Waals surface area contributed by atoms with E-state index in [0.717, 1.165) is 78.2 Å². The molecule has 0 bridgehead atoms. The van der Waals surface area contributed by atoms with Gasteiger partial charge >= 0.3 is 0 Å². The number of fused-ring (bicyclic) bond motifs is 4. The van der Waals surface area contributed by atoms with Gasteiger partial charge in [0.05, 0.1) is 4.70 Å². The minimum Gasteiger partial charge on any atom is -0.353 e. The third kappa shape index (κ3) is 5.01. The van der Waals surface area contributed by atoms with Crippen molar-refractivity contribution in [1.82, 2.24) is 29.0 Å². The fourth-order valence-corrected chi connectivity index (χ4v) is 7.33. The first-order valence-electron chi connectivity index (χ1n) is 14.6. The lowest BCUT2D eigenvalue weighted by atomic mass is 10.1. The van der Waals surface area contributed by atoms with E-state index in [1.807, 2.05) is 9.47 Å². The van der Waals surface area contributed by atoms with Gasteiger partial charge in [0, 0.05) is 88.3 Å². The number of hydrogen-bond donors (Lipinski definition) is 1. The first-order valence-corrected chi connectivity index (χ1v) is 15.3. The van der Waals surface area contributed by atoms with Crippen LogP contribution in [0.25, 0.3) is 21.0 Å². The second-order valence-electron chi connectivity index (χ2n) is 11.2. The highest BCUT2D eigenvalue weighted by molar-refractivity contribution is 7.13. The molecule has 2 saturated heterocycles. The van der Waals surface area contributed by atoms with Crippen molar-refractivity contribution in [3.8, 4) is 0 Å². The van der Waals surface area contributed by atoms with Gasteiger partial charge in [-0.3, -0.25) is 14.5 Å². The molecular formula is C30H33F2N7O2S. The summed E-state index contributed by atoms with van der Waals surface area (Å²) in [6.45, 7) is 7.86. The molecule has 5 heterocycles. The number of halogens is 2. The van der Waals surface area contributed by atoms with Gasteiger partial charge in [-0.05, 0) is 59.9 Å². The predicted molar refractivity (Wildman–Crippen MR) is 159 cm³/mol. The lowest BCUT2D eigenvalue weighted by Gasteiger charge is -2.35. The van der Waals surface area contributed by atoms with Crippen LogP contribution in [0.3, 0.4) is 0 Å². The third-order valence-corrected chi connectivity index (χ3v) is 9.57. The van der Waals surface area contributed by atoms with E-state index in [9.17, 15) is 18.4 Å². The number of carbonyl (C=O) groups is 2. The van der Waals surface area contributed by atoms with E-state index in [1.165, 1.54) is 35.8 Å². The molecule has 9 nitrogen and oxygen atoms in total. The smallest absolute Gasteiger partial charge is 0.271 e. The maximum Gasteiger partial charge on any atom is 0.271 e. The fourth-order valence-electron chi connectivity index (χ4n) is 6.51. The van der Waals surface area contributed by atoms with Crippen molar-refractivity contribution in [1.29, 1.82) is 0 Å². The predicted octanol–water partition coefficient (Wildman–Crippen LogP) is 2.78. The minimum atomic E-state index is -0.325. The Balaban J connectivity index is 1.07.